The molecule has 1 aliphatic heterocycles. The summed E-state index contributed by atoms with van der Waals surface area (Å²) in [7, 11) is 0. The van der Waals surface area contributed by atoms with Crippen LogP contribution >= 0.6 is 11.6 Å². The Hall–Kier alpha value is -1.82. The van der Waals surface area contributed by atoms with Crippen molar-refractivity contribution in [2.24, 2.45) is 0 Å². The summed E-state index contributed by atoms with van der Waals surface area (Å²) in [4.78, 5) is 22.3. The highest BCUT2D eigenvalue weighted by atomic mass is 35.5. The first-order chi connectivity index (χ1) is 7.95. The fraction of sp³-hybridized carbons (Fsp3) is 0.200. The normalized spacial score (nSPS) is 23.1. The van der Waals surface area contributed by atoms with Gasteiger partial charge in [0.2, 0.25) is 0 Å². The average molecular weight is 259 g/mol. The predicted octanol–water partition coefficient (Wildman–Crippen LogP) is 1.07. The summed E-state index contributed by atoms with van der Waals surface area (Å²) in [6.07, 6.45) is 0. The zero-order valence-corrected chi connectivity index (χ0v) is 9.21. The SMILES string of the molecule is O=C1NCC(C(=O)O)(c2ccc(Cl)cc2F)N1. The van der Waals surface area contributed by atoms with Gasteiger partial charge in [-0.3, -0.25) is 0 Å². The molecule has 0 spiro atoms. The number of halogens is 2. The van der Waals surface area contributed by atoms with Gasteiger partial charge in [0.15, 0.2) is 5.54 Å². The van der Waals surface area contributed by atoms with Crippen LogP contribution in [-0.4, -0.2) is 23.7 Å². The molecule has 1 heterocycles. The minimum atomic E-state index is -1.79. The molecule has 0 aromatic heterocycles. The maximum atomic E-state index is 13.7. The van der Waals surface area contributed by atoms with Gasteiger partial charge in [0, 0.05) is 10.6 Å². The quantitative estimate of drug-likeness (QED) is 0.743. The summed E-state index contributed by atoms with van der Waals surface area (Å²) in [6, 6.07) is 2.97. The molecule has 0 aliphatic carbocycles. The smallest absolute Gasteiger partial charge is 0.336 e. The Bertz CT molecular complexity index is 508. The van der Waals surface area contributed by atoms with Gasteiger partial charge in [-0.25, -0.2) is 14.0 Å². The second-order valence-electron chi connectivity index (χ2n) is 3.64. The van der Waals surface area contributed by atoms with E-state index in [1.807, 2.05) is 0 Å². The number of benzene rings is 1. The summed E-state index contributed by atoms with van der Waals surface area (Å²) in [6.45, 7) is -0.223. The topological polar surface area (TPSA) is 78.4 Å². The van der Waals surface area contributed by atoms with Crippen LogP contribution in [0, 0.1) is 5.82 Å². The van der Waals surface area contributed by atoms with E-state index in [9.17, 15) is 19.1 Å². The minimum absolute atomic E-state index is 0.132. The molecule has 1 aliphatic rings. The Kier molecular flexibility index (Phi) is 2.66. The van der Waals surface area contributed by atoms with Gasteiger partial charge in [-0.2, -0.15) is 0 Å². The van der Waals surface area contributed by atoms with Crippen molar-refractivity contribution >= 4 is 23.6 Å². The van der Waals surface area contributed by atoms with Gasteiger partial charge in [-0.1, -0.05) is 17.7 Å². The summed E-state index contributed by atoms with van der Waals surface area (Å²) < 4.78 is 13.7. The third-order valence-corrected chi connectivity index (χ3v) is 2.83. The number of carboxylic acid groups (broad SMARTS) is 1. The second kappa shape index (κ2) is 3.89. The van der Waals surface area contributed by atoms with Gasteiger partial charge in [-0.05, 0) is 12.1 Å². The lowest BCUT2D eigenvalue weighted by atomic mass is 9.90. The molecule has 0 saturated carbocycles. The number of aliphatic carboxylic acids is 1. The van der Waals surface area contributed by atoms with E-state index in [0.717, 1.165) is 6.07 Å². The molecule has 17 heavy (non-hydrogen) atoms. The fourth-order valence-corrected chi connectivity index (χ4v) is 1.90. The van der Waals surface area contributed by atoms with Crippen molar-refractivity contribution in [2.45, 2.75) is 5.54 Å². The van der Waals surface area contributed by atoms with Gasteiger partial charge < -0.3 is 15.7 Å². The van der Waals surface area contributed by atoms with Crippen LogP contribution < -0.4 is 10.6 Å². The number of nitrogens with one attached hydrogen (secondary N) is 2. The van der Waals surface area contributed by atoms with Gasteiger partial charge in [-0.15, -0.1) is 0 Å². The van der Waals surface area contributed by atoms with Crippen LogP contribution in [0.25, 0.3) is 0 Å². The second-order valence-corrected chi connectivity index (χ2v) is 4.08. The molecule has 5 nitrogen and oxygen atoms in total. The van der Waals surface area contributed by atoms with E-state index >= 15 is 0 Å². The highest BCUT2D eigenvalue weighted by Crippen LogP contribution is 2.28. The summed E-state index contributed by atoms with van der Waals surface area (Å²) >= 11 is 5.59. The molecule has 1 unspecified atom stereocenters. The fourth-order valence-electron chi connectivity index (χ4n) is 1.74. The van der Waals surface area contributed by atoms with Crippen molar-refractivity contribution in [1.29, 1.82) is 0 Å². The number of urea groups is 1. The molecule has 7 heteroatoms. The number of carboxylic acids is 1. The van der Waals surface area contributed by atoms with Gasteiger partial charge in [0.25, 0.3) is 0 Å². The first kappa shape index (κ1) is 11.7. The molecule has 1 aromatic rings. The van der Waals surface area contributed by atoms with Gasteiger partial charge in [0.1, 0.15) is 5.82 Å². The number of carbonyl (C=O) groups is 2. The number of hydrogen-bond acceptors (Lipinski definition) is 2. The molecule has 1 fully saturated rings. The number of rotatable bonds is 2. The highest BCUT2D eigenvalue weighted by molar-refractivity contribution is 6.30. The van der Waals surface area contributed by atoms with Crippen molar-refractivity contribution in [1.82, 2.24) is 10.6 Å². The number of carbonyl (C=O) groups excluding carboxylic acids is 1. The number of hydrogen-bond donors (Lipinski definition) is 3. The third-order valence-electron chi connectivity index (χ3n) is 2.60. The Morgan fingerprint density at radius 1 is 1.53 bits per heavy atom. The van der Waals surface area contributed by atoms with Crippen LogP contribution in [0.15, 0.2) is 18.2 Å². The summed E-state index contributed by atoms with van der Waals surface area (Å²) in [5.41, 5.74) is -1.92. The maximum Gasteiger partial charge on any atom is 0.336 e. The molecule has 1 atom stereocenters. The molecule has 0 bridgehead atoms. The largest absolute Gasteiger partial charge is 0.479 e. The number of amides is 2. The van der Waals surface area contributed by atoms with E-state index in [4.69, 9.17) is 11.6 Å². The minimum Gasteiger partial charge on any atom is -0.479 e. The van der Waals surface area contributed by atoms with E-state index in [0.29, 0.717) is 0 Å². The monoisotopic (exact) mass is 258 g/mol. The van der Waals surface area contributed by atoms with Gasteiger partial charge >= 0.3 is 12.0 Å². The zero-order chi connectivity index (χ0) is 12.6. The molecule has 1 aromatic carbocycles. The van der Waals surface area contributed by atoms with Crippen LogP contribution in [0.1, 0.15) is 5.56 Å². The van der Waals surface area contributed by atoms with Crippen LogP contribution in [0.4, 0.5) is 9.18 Å². The molecule has 1 saturated heterocycles. The molecule has 2 amide bonds. The Morgan fingerprint density at radius 2 is 2.24 bits per heavy atom. The van der Waals surface area contributed by atoms with Crippen molar-refractivity contribution in [3.8, 4) is 0 Å². The van der Waals surface area contributed by atoms with Crippen molar-refractivity contribution in [3.63, 3.8) is 0 Å². The van der Waals surface area contributed by atoms with Crippen molar-refractivity contribution < 1.29 is 19.1 Å². The molecule has 90 valence electrons. The average Bonchev–Trinajstić information content (AvgIpc) is 2.61. The summed E-state index contributed by atoms with van der Waals surface area (Å²) in [5, 5.41) is 13.8. The Morgan fingerprint density at radius 3 is 2.71 bits per heavy atom. The van der Waals surface area contributed by atoms with E-state index in [2.05, 4.69) is 10.6 Å². The third kappa shape index (κ3) is 1.80. The lowest BCUT2D eigenvalue weighted by Gasteiger charge is -2.23. The molecule has 0 radical (unpaired) electrons. The van der Waals surface area contributed by atoms with Crippen LogP contribution in [-0.2, 0) is 10.3 Å². The molecule has 3 N–H and O–H groups in total. The standard InChI is InChI=1S/C10H8ClFN2O3/c11-5-1-2-6(7(12)3-5)10(8(15)16)4-13-9(17)14-10/h1-3H,4H2,(H,15,16)(H2,13,14,17). The van der Waals surface area contributed by atoms with E-state index < -0.39 is 23.4 Å². The zero-order valence-electron chi connectivity index (χ0n) is 8.46. The lowest BCUT2D eigenvalue weighted by molar-refractivity contribution is -0.144. The first-order valence-electron chi connectivity index (χ1n) is 4.70. The van der Waals surface area contributed by atoms with E-state index in [1.54, 1.807) is 0 Å². The van der Waals surface area contributed by atoms with E-state index in [-0.39, 0.29) is 17.1 Å². The van der Waals surface area contributed by atoms with Crippen LogP contribution in [0.2, 0.25) is 5.02 Å². The molecule has 2 rings (SSSR count). The first-order valence-corrected chi connectivity index (χ1v) is 5.08. The Labute approximate surface area is 101 Å². The summed E-state index contributed by atoms with van der Waals surface area (Å²) in [5.74, 6) is -2.11. The lowest BCUT2D eigenvalue weighted by Crippen LogP contribution is -2.48. The molecular weight excluding hydrogens is 251 g/mol. The van der Waals surface area contributed by atoms with Crippen LogP contribution in [0.3, 0.4) is 0 Å². The highest BCUT2D eigenvalue weighted by Gasteiger charge is 2.48. The van der Waals surface area contributed by atoms with E-state index in [1.165, 1.54) is 12.1 Å². The Balaban J connectivity index is 2.54. The predicted molar refractivity (Wildman–Crippen MR) is 57.3 cm³/mol. The molecular formula is C10H8ClFN2O3. The maximum absolute atomic E-state index is 13.7. The van der Waals surface area contributed by atoms with Crippen molar-refractivity contribution in [2.75, 3.05) is 6.54 Å². The van der Waals surface area contributed by atoms with Crippen molar-refractivity contribution in [3.05, 3.63) is 34.6 Å². The van der Waals surface area contributed by atoms with Gasteiger partial charge in [0.05, 0.1) is 6.54 Å². The van der Waals surface area contributed by atoms with Crippen LogP contribution in [0.5, 0.6) is 0 Å².